The zero-order valence-corrected chi connectivity index (χ0v) is 23.9. The maximum atomic E-state index is 11.9. The first-order valence-corrected chi connectivity index (χ1v) is 16.2. The van der Waals surface area contributed by atoms with Gasteiger partial charge in [-0.3, -0.25) is 13.7 Å². The Morgan fingerprint density at radius 3 is 1.51 bits per heavy atom. The summed E-state index contributed by atoms with van der Waals surface area (Å²) in [5, 5.41) is 18.2. The number of nitrogens with zero attached hydrogens (tertiary/aromatic N) is 4. The van der Waals surface area contributed by atoms with E-state index in [-0.39, 0.29) is 22.1 Å². The van der Waals surface area contributed by atoms with E-state index in [4.69, 9.17) is 5.73 Å². The topological polar surface area (TPSA) is 239 Å². The molecule has 220 valence electrons. The third kappa shape index (κ3) is 6.26. The van der Waals surface area contributed by atoms with Crippen molar-refractivity contribution in [1.29, 1.82) is 0 Å². The lowest BCUT2D eigenvalue weighted by Gasteiger charge is -2.08. The zero-order chi connectivity index (χ0) is 31.2. The van der Waals surface area contributed by atoms with Crippen molar-refractivity contribution in [2.75, 3.05) is 5.73 Å². The summed E-state index contributed by atoms with van der Waals surface area (Å²) in [5.41, 5.74) is 6.63. The molecule has 0 saturated carbocycles. The number of anilines is 1. The summed E-state index contributed by atoms with van der Waals surface area (Å²) in [4.78, 5) is -1.96. The van der Waals surface area contributed by atoms with Gasteiger partial charge in [0, 0.05) is 27.2 Å². The minimum Gasteiger partial charge on any atom is -0.398 e. The summed E-state index contributed by atoms with van der Waals surface area (Å²) in [5.74, 6) is 0. The minimum atomic E-state index is -4.88. The standard InChI is InChI=1S/C26H19N5O9S3/c27-21-8-9-22(18-4-2-1-3-17(18)21)28-30-24-11-10-23(19-7-5-15(13-20(19)24)41(32,33)34)29-31-25-14-16(42(35,36)37)6-12-26(25)43(38,39)40/h1-14H,27H2,(H,32,33,34)(H,35,36,37)(H,38,39,40). The van der Waals surface area contributed by atoms with Crippen LogP contribution in [0.4, 0.5) is 28.4 Å². The van der Waals surface area contributed by atoms with E-state index in [2.05, 4.69) is 20.5 Å². The molecule has 43 heavy (non-hydrogen) atoms. The van der Waals surface area contributed by atoms with E-state index in [0.717, 1.165) is 29.7 Å². The Morgan fingerprint density at radius 1 is 0.465 bits per heavy atom. The second kappa shape index (κ2) is 10.9. The summed E-state index contributed by atoms with van der Waals surface area (Å²) >= 11 is 0. The van der Waals surface area contributed by atoms with Crippen LogP contribution in [-0.4, -0.2) is 38.9 Å². The van der Waals surface area contributed by atoms with Gasteiger partial charge in [0.25, 0.3) is 30.4 Å². The molecule has 0 heterocycles. The van der Waals surface area contributed by atoms with E-state index in [1.807, 2.05) is 12.1 Å². The number of hydrogen-bond acceptors (Lipinski definition) is 11. The largest absolute Gasteiger partial charge is 0.398 e. The van der Waals surface area contributed by atoms with E-state index < -0.39 is 50.7 Å². The van der Waals surface area contributed by atoms with Crippen LogP contribution in [0.25, 0.3) is 21.5 Å². The normalized spacial score (nSPS) is 13.0. The van der Waals surface area contributed by atoms with Gasteiger partial charge in [-0.15, -0.1) is 20.5 Å². The lowest BCUT2D eigenvalue weighted by atomic mass is 10.1. The summed E-state index contributed by atoms with van der Waals surface area (Å²) in [7, 11) is -14.3. The molecule has 0 unspecified atom stereocenters. The van der Waals surface area contributed by atoms with Gasteiger partial charge < -0.3 is 5.73 Å². The first-order valence-electron chi connectivity index (χ1n) is 11.9. The SMILES string of the molecule is Nc1ccc(N=Nc2ccc(N=Nc3cc(S(=O)(=O)O)ccc3S(=O)(=O)O)c3ccc(S(=O)(=O)O)cc23)c2ccccc12. The molecule has 0 aliphatic heterocycles. The fourth-order valence-corrected chi connectivity index (χ4v) is 5.81. The lowest BCUT2D eigenvalue weighted by molar-refractivity contribution is 0.478. The summed E-state index contributed by atoms with van der Waals surface area (Å²) in [6, 6.07) is 19.0. The molecule has 0 atom stereocenters. The second-order valence-electron chi connectivity index (χ2n) is 8.99. The van der Waals surface area contributed by atoms with Crippen molar-refractivity contribution in [2.24, 2.45) is 20.5 Å². The fraction of sp³-hybridized carbons (Fsp3) is 0. The molecule has 0 aliphatic carbocycles. The van der Waals surface area contributed by atoms with E-state index in [0.29, 0.717) is 22.8 Å². The molecular weight excluding hydrogens is 623 g/mol. The molecule has 14 nitrogen and oxygen atoms in total. The first-order chi connectivity index (χ1) is 20.1. The van der Waals surface area contributed by atoms with Crippen molar-refractivity contribution in [3.05, 3.63) is 84.9 Å². The highest BCUT2D eigenvalue weighted by molar-refractivity contribution is 7.86. The van der Waals surface area contributed by atoms with Gasteiger partial charge in [0.15, 0.2) is 0 Å². The maximum absolute atomic E-state index is 11.9. The van der Waals surface area contributed by atoms with Gasteiger partial charge in [-0.2, -0.15) is 25.3 Å². The number of nitrogen functional groups attached to an aromatic ring is 1. The molecule has 0 fully saturated rings. The molecule has 0 amide bonds. The third-order valence-electron chi connectivity index (χ3n) is 6.21. The van der Waals surface area contributed by atoms with Crippen molar-refractivity contribution < 1.29 is 38.9 Å². The zero-order valence-electron chi connectivity index (χ0n) is 21.5. The van der Waals surface area contributed by atoms with Crippen LogP contribution in [0.2, 0.25) is 0 Å². The maximum Gasteiger partial charge on any atom is 0.296 e. The molecule has 0 aromatic heterocycles. The quantitative estimate of drug-likeness (QED) is 0.0898. The first kappa shape index (κ1) is 29.8. The molecule has 5 aromatic carbocycles. The van der Waals surface area contributed by atoms with Gasteiger partial charge in [0.2, 0.25) is 0 Å². The average Bonchev–Trinajstić information content (AvgIpc) is 2.94. The van der Waals surface area contributed by atoms with Crippen LogP contribution in [-0.2, 0) is 30.4 Å². The molecule has 0 bridgehead atoms. The summed E-state index contributed by atoms with van der Waals surface area (Å²) in [6.45, 7) is 0. The number of benzene rings is 5. The predicted molar refractivity (Wildman–Crippen MR) is 157 cm³/mol. The van der Waals surface area contributed by atoms with E-state index in [9.17, 15) is 38.9 Å². The monoisotopic (exact) mass is 641 g/mol. The fourth-order valence-electron chi connectivity index (χ4n) is 4.19. The third-order valence-corrected chi connectivity index (χ3v) is 8.81. The minimum absolute atomic E-state index is 0.0346. The van der Waals surface area contributed by atoms with Crippen molar-refractivity contribution in [3.63, 3.8) is 0 Å². The Bertz CT molecular complexity index is 2340. The number of hydrogen-bond donors (Lipinski definition) is 4. The van der Waals surface area contributed by atoms with Crippen LogP contribution >= 0.6 is 0 Å². The van der Waals surface area contributed by atoms with Crippen molar-refractivity contribution in [2.45, 2.75) is 14.7 Å². The lowest BCUT2D eigenvalue weighted by Crippen LogP contribution is -2.02. The van der Waals surface area contributed by atoms with Gasteiger partial charge in [-0.25, -0.2) is 0 Å². The smallest absolute Gasteiger partial charge is 0.296 e. The molecule has 0 spiro atoms. The highest BCUT2D eigenvalue weighted by atomic mass is 32.2. The van der Waals surface area contributed by atoms with Gasteiger partial charge in [0.05, 0.1) is 26.9 Å². The Labute approximate surface area is 244 Å². The summed E-state index contributed by atoms with van der Waals surface area (Å²) < 4.78 is 99.1. The Morgan fingerprint density at radius 2 is 0.930 bits per heavy atom. The van der Waals surface area contributed by atoms with Gasteiger partial charge in [-0.05, 0) is 54.6 Å². The molecule has 0 saturated heterocycles. The van der Waals surface area contributed by atoms with Crippen LogP contribution in [0.15, 0.2) is 120 Å². The number of azo groups is 2. The van der Waals surface area contributed by atoms with Gasteiger partial charge in [0.1, 0.15) is 10.6 Å². The van der Waals surface area contributed by atoms with Crippen LogP contribution < -0.4 is 5.73 Å². The molecule has 17 heteroatoms. The van der Waals surface area contributed by atoms with Gasteiger partial charge >= 0.3 is 0 Å². The highest BCUT2D eigenvalue weighted by Crippen LogP contribution is 2.38. The van der Waals surface area contributed by atoms with Gasteiger partial charge in [-0.1, -0.05) is 30.3 Å². The Balaban J connectivity index is 1.67. The van der Waals surface area contributed by atoms with Crippen LogP contribution in [0.3, 0.4) is 0 Å². The molecule has 5 rings (SSSR count). The predicted octanol–water partition coefficient (Wildman–Crippen LogP) is 6.15. The van der Waals surface area contributed by atoms with Crippen molar-refractivity contribution >= 4 is 80.3 Å². The average molecular weight is 642 g/mol. The highest BCUT2D eigenvalue weighted by Gasteiger charge is 2.20. The second-order valence-corrected chi connectivity index (χ2v) is 13.2. The summed E-state index contributed by atoms with van der Waals surface area (Å²) in [6.07, 6.45) is 0. The van der Waals surface area contributed by atoms with Crippen molar-refractivity contribution in [1.82, 2.24) is 0 Å². The molecular formula is C26H19N5O9S3. The van der Waals surface area contributed by atoms with Crippen LogP contribution in [0.5, 0.6) is 0 Å². The number of nitrogens with two attached hydrogens (primary N) is 1. The van der Waals surface area contributed by atoms with E-state index in [1.54, 1.807) is 24.3 Å². The van der Waals surface area contributed by atoms with Crippen molar-refractivity contribution in [3.8, 4) is 0 Å². The van der Waals surface area contributed by atoms with E-state index >= 15 is 0 Å². The Hall–Kier alpha value is -4.65. The molecule has 0 aliphatic rings. The Kier molecular flexibility index (Phi) is 7.55. The molecule has 5 N–H and O–H groups in total. The molecule has 0 radical (unpaired) electrons. The van der Waals surface area contributed by atoms with Crippen LogP contribution in [0.1, 0.15) is 0 Å². The van der Waals surface area contributed by atoms with Crippen LogP contribution in [0, 0.1) is 0 Å². The number of fused-ring (bicyclic) bond motifs is 2. The molecule has 5 aromatic rings. The number of rotatable bonds is 7. The van der Waals surface area contributed by atoms with E-state index in [1.165, 1.54) is 18.2 Å².